The molecule has 3 N–H and O–H groups in total. The molecule has 1 aromatic carbocycles. The van der Waals surface area contributed by atoms with E-state index >= 15 is 0 Å². The first-order valence-electron chi connectivity index (χ1n) is 3.69. The molecule has 0 bridgehead atoms. The maximum absolute atomic E-state index is 10.6. The quantitative estimate of drug-likeness (QED) is 0.626. The van der Waals surface area contributed by atoms with Crippen molar-refractivity contribution in [3.63, 3.8) is 0 Å². The van der Waals surface area contributed by atoms with E-state index in [9.17, 15) is 4.79 Å². The second kappa shape index (κ2) is 3.88. The fourth-order valence-corrected chi connectivity index (χ4v) is 0.903. The van der Waals surface area contributed by atoms with E-state index in [0.717, 1.165) is 5.56 Å². The Morgan fingerprint density at radius 3 is 3.00 bits per heavy atom. The van der Waals surface area contributed by atoms with Crippen molar-refractivity contribution in [3.05, 3.63) is 35.9 Å². The van der Waals surface area contributed by atoms with Gasteiger partial charge in [0.1, 0.15) is 6.17 Å². The SMILES string of the molecule is CC(=O)NC(N)c1c[c]ccc1. The number of carbonyl (C=O) groups excluding carboxylic acids is 1. The van der Waals surface area contributed by atoms with Gasteiger partial charge in [-0.15, -0.1) is 0 Å². The van der Waals surface area contributed by atoms with E-state index in [4.69, 9.17) is 5.73 Å². The molecule has 12 heavy (non-hydrogen) atoms. The highest BCUT2D eigenvalue weighted by Gasteiger charge is 2.04. The molecule has 0 heterocycles. The number of nitrogens with two attached hydrogens (primary N) is 1. The summed E-state index contributed by atoms with van der Waals surface area (Å²) in [6.07, 6.45) is -0.431. The Hall–Kier alpha value is -1.35. The van der Waals surface area contributed by atoms with Gasteiger partial charge in [-0.2, -0.15) is 0 Å². The minimum absolute atomic E-state index is 0.133. The molecule has 63 valence electrons. The van der Waals surface area contributed by atoms with E-state index in [1.165, 1.54) is 6.92 Å². The van der Waals surface area contributed by atoms with Crippen molar-refractivity contribution < 1.29 is 4.79 Å². The monoisotopic (exact) mass is 163 g/mol. The first kappa shape index (κ1) is 8.74. The van der Waals surface area contributed by atoms with E-state index in [1.54, 1.807) is 12.1 Å². The first-order valence-corrected chi connectivity index (χ1v) is 3.69. The average molecular weight is 163 g/mol. The lowest BCUT2D eigenvalue weighted by Gasteiger charge is -2.11. The third kappa shape index (κ3) is 2.36. The molecule has 3 heteroatoms. The zero-order valence-electron chi connectivity index (χ0n) is 6.87. The normalized spacial score (nSPS) is 12.2. The van der Waals surface area contributed by atoms with Crippen LogP contribution >= 0.6 is 0 Å². The molecule has 0 aliphatic rings. The highest BCUT2D eigenvalue weighted by Crippen LogP contribution is 2.04. The predicted molar refractivity (Wildman–Crippen MR) is 46.0 cm³/mol. The van der Waals surface area contributed by atoms with E-state index in [-0.39, 0.29) is 5.91 Å². The fraction of sp³-hybridized carbons (Fsp3) is 0.222. The highest BCUT2D eigenvalue weighted by molar-refractivity contribution is 5.73. The lowest BCUT2D eigenvalue weighted by atomic mass is 10.2. The van der Waals surface area contributed by atoms with Crippen LogP contribution in [0.2, 0.25) is 0 Å². The second-order valence-electron chi connectivity index (χ2n) is 2.51. The van der Waals surface area contributed by atoms with Gasteiger partial charge >= 0.3 is 0 Å². The Balaban J connectivity index is 2.65. The van der Waals surface area contributed by atoms with Crippen molar-refractivity contribution in [1.29, 1.82) is 0 Å². The number of hydrogen-bond acceptors (Lipinski definition) is 2. The molecule has 1 rings (SSSR count). The summed E-state index contributed by atoms with van der Waals surface area (Å²) in [5.41, 5.74) is 6.50. The van der Waals surface area contributed by atoms with Crippen molar-refractivity contribution in [2.75, 3.05) is 0 Å². The summed E-state index contributed by atoms with van der Waals surface area (Å²) in [6, 6.07) is 10.1. The lowest BCUT2D eigenvalue weighted by molar-refractivity contribution is -0.119. The summed E-state index contributed by atoms with van der Waals surface area (Å²) >= 11 is 0. The van der Waals surface area contributed by atoms with Crippen LogP contribution in [0.25, 0.3) is 0 Å². The number of benzene rings is 1. The van der Waals surface area contributed by atoms with Crippen LogP contribution in [0.3, 0.4) is 0 Å². The topological polar surface area (TPSA) is 55.1 Å². The molecular weight excluding hydrogens is 152 g/mol. The van der Waals surface area contributed by atoms with Crippen LogP contribution in [-0.2, 0) is 4.79 Å². The Kier molecular flexibility index (Phi) is 2.82. The number of amides is 1. The molecule has 1 amide bonds. The standard InChI is InChI=1S/C9H11N2O/c1-7(12)11-9(10)8-5-3-2-4-6-8/h2-3,5-6,9H,10H2,1H3,(H,11,12). The molecular formula is C9H11N2O. The minimum atomic E-state index is -0.431. The first-order chi connectivity index (χ1) is 5.70. The smallest absolute Gasteiger partial charge is 0.218 e. The molecule has 1 unspecified atom stereocenters. The van der Waals surface area contributed by atoms with Crippen LogP contribution in [-0.4, -0.2) is 5.91 Å². The molecule has 0 fully saturated rings. The van der Waals surface area contributed by atoms with Crippen molar-refractivity contribution >= 4 is 5.91 Å². The van der Waals surface area contributed by atoms with Crippen LogP contribution < -0.4 is 11.1 Å². The van der Waals surface area contributed by atoms with E-state index in [2.05, 4.69) is 11.4 Å². The van der Waals surface area contributed by atoms with Gasteiger partial charge in [-0.3, -0.25) is 4.79 Å². The zero-order valence-corrected chi connectivity index (χ0v) is 6.87. The second-order valence-corrected chi connectivity index (χ2v) is 2.51. The van der Waals surface area contributed by atoms with Crippen molar-refractivity contribution in [1.82, 2.24) is 5.32 Å². The van der Waals surface area contributed by atoms with Crippen LogP contribution in [0.1, 0.15) is 18.7 Å². The van der Waals surface area contributed by atoms with Crippen LogP contribution in [0.15, 0.2) is 24.3 Å². The van der Waals surface area contributed by atoms with Gasteiger partial charge in [-0.25, -0.2) is 0 Å². The molecule has 0 spiro atoms. The van der Waals surface area contributed by atoms with Gasteiger partial charge in [-0.1, -0.05) is 18.2 Å². The molecule has 0 aromatic heterocycles. The summed E-state index contributed by atoms with van der Waals surface area (Å²) in [6.45, 7) is 1.44. The van der Waals surface area contributed by atoms with Gasteiger partial charge in [0.15, 0.2) is 0 Å². The van der Waals surface area contributed by atoms with E-state index < -0.39 is 6.17 Å². The van der Waals surface area contributed by atoms with Crippen molar-refractivity contribution in [2.24, 2.45) is 5.73 Å². The summed E-state index contributed by atoms with van der Waals surface area (Å²) < 4.78 is 0. The largest absolute Gasteiger partial charge is 0.337 e. The molecule has 0 saturated carbocycles. The van der Waals surface area contributed by atoms with Crippen molar-refractivity contribution in [2.45, 2.75) is 13.1 Å². The zero-order chi connectivity index (χ0) is 8.97. The Morgan fingerprint density at radius 2 is 2.50 bits per heavy atom. The van der Waals surface area contributed by atoms with Crippen LogP contribution in [0.5, 0.6) is 0 Å². The van der Waals surface area contributed by atoms with Gasteiger partial charge in [0.2, 0.25) is 5.91 Å². The van der Waals surface area contributed by atoms with Gasteiger partial charge in [0, 0.05) is 6.92 Å². The van der Waals surface area contributed by atoms with Gasteiger partial charge < -0.3 is 11.1 Å². The average Bonchev–Trinajstić information content (AvgIpc) is 2.05. The molecule has 1 atom stereocenters. The molecule has 0 saturated heterocycles. The van der Waals surface area contributed by atoms with Crippen LogP contribution in [0, 0.1) is 6.07 Å². The molecule has 1 aromatic rings. The van der Waals surface area contributed by atoms with E-state index in [0.29, 0.717) is 0 Å². The van der Waals surface area contributed by atoms with Crippen LogP contribution in [0.4, 0.5) is 0 Å². The minimum Gasteiger partial charge on any atom is -0.337 e. The summed E-state index contributed by atoms with van der Waals surface area (Å²) in [7, 11) is 0. The maximum Gasteiger partial charge on any atom is 0.218 e. The highest BCUT2D eigenvalue weighted by atomic mass is 16.1. The molecule has 0 aliphatic carbocycles. The lowest BCUT2D eigenvalue weighted by Crippen LogP contribution is -2.32. The van der Waals surface area contributed by atoms with Crippen molar-refractivity contribution in [3.8, 4) is 0 Å². The van der Waals surface area contributed by atoms with Gasteiger partial charge in [0.25, 0.3) is 0 Å². The maximum atomic E-state index is 10.6. The summed E-state index contributed by atoms with van der Waals surface area (Å²) in [5.74, 6) is -0.133. The molecule has 0 aliphatic heterocycles. The predicted octanol–water partition coefficient (Wildman–Crippen LogP) is 0.580. The summed E-state index contributed by atoms with van der Waals surface area (Å²) in [5, 5.41) is 2.58. The molecule has 3 nitrogen and oxygen atoms in total. The Morgan fingerprint density at radius 1 is 1.75 bits per heavy atom. The Bertz CT molecular complexity index is 258. The summed E-state index contributed by atoms with van der Waals surface area (Å²) in [4.78, 5) is 10.6. The number of carbonyl (C=O) groups is 1. The third-order valence-electron chi connectivity index (χ3n) is 1.45. The van der Waals surface area contributed by atoms with Gasteiger partial charge in [-0.05, 0) is 17.7 Å². The third-order valence-corrected chi connectivity index (χ3v) is 1.45. The van der Waals surface area contributed by atoms with Gasteiger partial charge in [0.05, 0.1) is 0 Å². The number of nitrogens with one attached hydrogen (secondary N) is 1. The molecule has 1 radical (unpaired) electrons. The number of rotatable bonds is 2. The van der Waals surface area contributed by atoms with E-state index in [1.807, 2.05) is 12.1 Å². The number of hydrogen-bond donors (Lipinski definition) is 2. The fourth-order valence-electron chi connectivity index (χ4n) is 0.903. The Labute approximate surface area is 71.6 Å².